The third kappa shape index (κ3) is 4.85. The number of carbonyl (C=O) groups is 1. The molecule has 23 heavy (non-hydrogen) atoms. The highest BCUT2D eigenvalue weighted by molar-refractivity contribution is 5.99. The van der Waals surface area contributed by atoms with E-state index >= 15 is 0 Å². The molecule has 1 aliphatic rings. The Kier molecular flexibility index (Phi) is 5.81. The molecule has 0 saturated carbocycles. The molecule has 7 heteroatoms. The van der Waals surface area contributed by atoms with Crippen LogP contribution in [0, 0.1) is 0 Å². The number of nitrogens with one attached hydrogen (secondary N) is 1. The molecular formula is C16H24N4O3. The van der Waals surface area contributed by atoms with Gasteiger partial charge in [-0.1, -0.05) is 0 Å². The van der Waals surface area contributed by atoms with E-state index in [1.807, 2.05) is 51.1 Å². The van der Waals surface area contributed by atoms with E-state index in [1.54, 1.807) is 6.20 Å². The van der Waals surface area contributed by atoms with Crippen molar-refractivity contribution in [2.45, 2.75) is 20.0 Å². The smallest absolute Gasteiger partial charge is 0.418 e. The number of likely N-dealkylation sites (N-methyl/N-ethyl adjacent to an activating group) is 1. The molecule has 0 amide bonds. The van der Waals surface area contributed by atoms with Gasteiger partial charge in [0.2, 0.25) is 5.90 Å². The van der Waals surface area contributed by atoms with E-state index in [0.29, 0.717) is 25.6 Å². The highest BCUT2D eigenvalue weighted by atomic mass is 16.5. The van der Waals surface area contributed by atoms with E-state index in [9.17, 15) is 4.79 Å². The average Bonchev–Trinajstić information content (AvgIpc) is 3.08. The molecule has 1 aromatic rings. The van der Waals surface area contributed by atoms with Crippen LogP contribution < -0.4 is 5.43 Å². The maximum absolute atomic E-state index is 12.2. The summed E-state index contributed by atoms with van der Waals surface area (Å²) in [6.45, 7) is 5.51. The van der Waals surface area contributed by atoms with E-state index in [-0.39, 0.29) is 6.10 Å². The van der Waals surface area contributed by atoms with Gasteiger partial charge in [0.05, 0.1) is 18.3 Å². The minimum absolute atomic E-state index is 0.0415. The molecule has 2 heterocycles. The van der Waals surface area contributed by atoms with Crippen LogP contribution in [0.4, 0.5) is 4.79 Å². The lowest BCUT2D eigenvalue weighted by molar-refractivity contribution is 0.138. The van der Waals surface area contributed by atoms with Gasteiger partial charge in [-0.15, -0.1) is 5.10 Å². The number of hydrogen-bond donors (Lipinski definition) is 1. The van der Waals surface area contributed by atoms with Crippen molar-refractivity contribution >= 4 is 18.1 Å². The first-order chi connectivity index (χ1) is 11.0. The van der Waals surface area contributed by atoms with Crippen molar-refractivity contribution in [2.75, 3.05) is 33.8 Å². The fraction of sp³-hybridized carbons (Fsp3) is 0.500. The molecule has 1 aromatic heterocycles. The molecule has 0 radical (unpaired) electrons. The standard InChI is InChI=1S/C16H24N4O3/c1-12(2)23-15-13(11-17-18-15)10-14-6-5-7-20(14)16(21)22-9-8-19(3)4/h5-7,10,12,17H,8-9,11H2,1-4H3/b13-10+. The predicted octanol–water partition coefficient (Wildman–Crippen LogP) is 1.76. The lowest BCUT2D eigenvalue weighted by atomic mass is 10.2. The van der Waals surface area contributed by atoms with E-state index in [0.717, 1.165) is 11.3 Å². The van der Waals surface area contributed by atoms with E-state index in [1.165, 1.54) is 4.57 Å². The summed E-state index contributed by atoms with van der Waals surface area (Å²) < 4.78 is 12.4. The Bertz CT molecular complexity index is 602. The van der Waals surface area contributed by atoms with Gasteiger partial charge in [0, 0.05) is 18.3 Å². The third-order valence-corrected chi connectivity index (χ3v) is 3.14. The van der Waals surface area contributed by atoms with Crippen molar-refractivity contribution in [3.8, 4) is 0 Å². The lowest BCUT2D eigenvalue weighted by Crippen LogP contribution is -2.22. The summed E-state index contributed by atoms with van der Waals surface area (Å²) in [4.78, 5) is 14.1. The monoisotopic (exact) mass is 320 g/mol. The van der Waals surface area contributed by atoms with Crippen LogP contribution in [0.5, 0.6) is 0 Å². The SMILES string of the molecule is CC(C)OC1=NNC/C1=C\c1cccn1C(=O)OCCN(C)C. The molecule has 126 valence electrons. The van der Waals surface area contributed by atoms with Crippen molar-refractivity contribution in [3.63, 3.8) is 0 Å². The first-order valence-corrected chi connectivity index (χ1v) is 7.64. The first kappa shape index (κ1) is 17.1. The molecule has 1 aliphatic heterocycles. The van der Waals surface area contributed by atoms with Gasteiger partial charge < -0.3 is 19.8 Å². The number of aromatic nitrogens is 1. The summed E-state index contributed by atoms with van der Waals surface area (Å²) >= 11 is 0. The Balaban J connectivity index is 2.07. The summed E-state index contributed by atoms with van der Waals surface area (Å²) in [7, 11) is 3.87. The second-order valence-electron chi connectivity index (χ2n) is 5.81. The van der Waals surface area contributed by atoms with Crippen molar-refractivity contribution < 1.29 is 14.3 Å². The Morgan fingerprint density at radius 2 is 2.30 bits per heavy atom. The minimum atomic E-state index is -0.391. The van der Waals surface area contributed by atoms with Crippen molar-refractivity contribution in [3.05, 3.63) is 29.6 Å². The van der Waals surface area contributed by atoms with Crippen LogP contribution in [0.3, 0.4) is 0 Å². The van der Waals surface area contributed by atoms with Gasteiger partial charge in [0.25, 0.3) is 0 Å². The molecule has 0 saturated heterocycles. The van der Waals surface area contributed by atoms with Crippen LogP contribution in [0.2, 0.25) is 0 Å². The molecule has 0 fully saturated rings. The molecule has 0 atom stereocenters. The average molecular weight is 320 g/mol. The van der Waals surface area contributed by atoms with Crippen molar-refractivity contribution in [2.24, 2.45) is 5.10 Å². The molecule has 1 N–H and O–H groups in total. The molecular weight excluding hydrogens is 296 g/mol. The number of hydrazone groups is 1. The van der Waals surface area contributed by atoms with Gasteiger partial charge >= 0.3 is 6.09 Å². The van der Waals surface area contributed by atoms with E-state index in [2.05, 4.69) is 10.5 Å². The molecule has 7 nitrogen and oxygen atoms in total. The van der Waals surface area contributed by atoms with Gasteiger partial charge in [-0.3, -0.25) is 4.57 Å². The van der Waals surface area contributed by atoms with Crippen LogP contribution in [0.25, 0.3) is 6.08 Å². The fourth-order valence-electron chi connectivity index (χ4n) is 2.02. The summed E-state index contributed by atoms with van der Waals surface area (Å²) in [5.41, 5.74) is 4.54. The molecule has 0 bridgehead atoms. The lowest BCUT2D eigenvalue weighted by Gasteiger charge is -2.12. The first-order valence-electron chi connectivity index (χ1n) is 7.64. The number of ether oxygens (including phenoxy) is 2. The van der Waals surface area contributed by atoms with Crippen molar-refractivity contribution in [1.82, 2.24) is 14.9 Å². The summed E-state index contributed by atoms with van der Waals surface area (Å²) in [6, 6.07) is 3.66. The number of nitrogens with zero attached hydrogens (tertiary/aromatic N) is 3. The Morgan fingerprint density at radius 1 is 1.52 bits per heavy atom. The largest absolute Gasteiger partial charge is 0.474 e. The molecule has 2 rings (SSSR count). The summed E-state index contributed by atoms with van der Waals surface area (Å²) in [5.74, 6) is 0.564. The van der Waals surface area contributed by atoms with Gasteiger partial charge in [0.1, 0.15) is 6.61 Å². The maximum atomic E-state index is 12.2. The topological polar surface area (TPSA) is 68.1 Å². The van der Waals surface area contributed by atoms with Crippen LogP contribution in [-0.4, -0.2) is 61.4 Å². The van der Waals surface area contributed by atoms with Crippen LogP contribution in [0.1, 0.15) is 19.5 Å². The number of hydrogen-bond acceptors (Lipinski definition) is 6. The molecule has 0 spiro atoms. The quantitative estimate of drug-likeness (QED) is 0.895. The Hall–Kier alpha value is -2.28. The van der Waals surface area contributed by atoms with Gasteiger partial charge in [-0.05, 0) is 46.2 Å². The molecule has 0 aliphatic carbocycles. The predicted molar refractivity (Wildman–Crippen MR) is 89.4 cm³/mol. The zero-order valence-corrected chi connectivity index (χ0v) is 14.1. The van der Waals surface area contributed by atoms with Crippen LogP contribution in [-0.2, 0) is 9.47 Å². The van der Waals surface area contributed by atoms with Gasteiger partial charge in [-0.2, -0.15) is 0 Å². The summed E-state index contributed by atoms with van der Waals surface area (Å²) in [6.07, 6.45) is 3.22. The molecule has 0 aromatic carbocycles. The van der Waals surface area contributed by atoms with E-state index in [4.69, 9.17) is 9.47 Å². The minimum Gasteiger partial charge on any atom is -0.474 e. The zero-order chi connectivity index (χ0) is 16.8. The molecule has 0 unspecified atom stereocenters. The summed E-state index contributed by atoms with van der Waals surface area (Å²) in [5, 5.41) is 4.13. The Labute approximate surface area is 136 Å². The highest BCUT2D eigenvalue weighted by Gasteiger charge is 2.18. The fourth-order valence-corrected chi connectivity index (χ4v) is 2.02. The third-order valence-electron chi connectivity index (χ3n) is 3.14. The number of carbonyl (C=O) groups excluding carboxylic acids is 1. The second-order valence-corrected chi connectivity index (χ2v) is 5.81. The highest BCUT2D eigenvalue weighted by Crippen LogP contribution is 2.14. The second kappa shape index (κ2) is 7.82. The van der Waals surface area contributed by atoms with Gasteiger partial charge in [0.15, 0.2) is 0 Å². The van der Waals surface area contributed by atoms with E-state index < -0.39 is 6.09 Å². The van der Waals surface area contributed by atoms with Crippen LogP contribution in [0.15, 0.2) is 29.0 Å². The van der Waals surface area contributed by atoms with Gasteiger partial charge in [-0.25, -0.2) is 4.79 Å². The maximum Gasteiger partial charge on any atom is 0.418 e. The van der Waals surface area contributed by atoms with Crippen molar-refractivity contribution in [1.29, 1.82) is 0 Å². The normalized spacial score (nSPS) is 15.9. The Morgan fingerprint density at radius 3 is 3.00 bits per heavy atom. The van der Waals surface area contributed by atoms with Crippen LogP contribution >= 0.6 is 0 Å². The number of rotatable bonds is 5. The zero-order valence-electron chi connectivity index (χ0n) is 14.1.